The van der Waals surface area contributed by atoms with Gasteiger partial charge in [-0.15, -0.1) is 0 Å². The molecule has 59 heavy (non-hydrogen) atoms. The average molecular weight is 794 g/mol. The van der Waals surface area contributed by atoms with Crippen LogP contribution in [-0.4, -0.2) is 43.8 Å². The fourth-order valence-corrected chi connectivity index (χ4v) is 9.15. The van der Waals surface area contributed by atoms with Gasteiger partial charge in [-0.25, -0.2) is 0 Å². The number of nitrogen functional groups attached to an aromatic ring is 1. The number of hydrogen-bond acceptors (Lipinski definition) is 6. The largest absolute Gasteiger partial charge is 0.481 e. The highest BCUT2D eigenvalue weighted by Crippen LogP contribution is 2.40. The average Bonchev–Trinajstić information content (AvgIpc) is 3.19. The number of carboxylic acids is 1. The Hall–Kier alpha value is -5.82. The molecule has 0 bridgehead atoms. The third kappa shape index (κ3) is 9.90. The lowest BCUT2D eigenvalue weighted by atomic mass is 9.82. The first-order chi connectivity index (χ1) is 28.1. The van der Waals surface area contributed by atoms with Crippen LogP contribution in [0.5, 0.6) is 0 Å². The molecule has 0 radical (unpaired) electrons. The summed E-state index contributed by atoms with van der Waals surface area (Å²) in [5, 5.41) is 11.0. The molecule has 1 aliphatic carbocycles. The van der Waals surface area contributed by atoms with Gasteiger partial charge in [0.1, 0.15) is 0 Å². The molecular weight excluding hydrogens is 731 g/mol. The molecule has 3 N–H and O–H groups in total. The molecule has 0 fully saturated rings. The molecular formula is C52H63N3O4. The molecule has 6 rings (SSSR count). The molecule has 0 spiro atoms. The Labute approximate surface area is 352 Å². The van der Waals surface area contributed by atoms with E-state index in [1.807, 2.05) is 0 Å². The van der Waals surface area contributed by atoms with Crippen molar-refractivity contribution in [1.29, 1.82) is 0 Å². The Bertz CT molecular complexity index is 2300. The molecule has 7 heteroatoms. The smallest absolute Gasteiger partial charge is 0.309 e. The third-order valence-electron chi connectivity index (χ3n) is 11.9. The van der Waals surface area contributed by atoms with Crippen LogP contribution in [0.2, 0.25) is 0 Å². The van der Waals surface area contributed by atoms with Crippen molar-refractivity contribution in [3.05, 3.63) is 154 Å². The van der Waals surface area contributed by atoms with E-state index in [1.165, 1.54) is 73.9 Å². The third-order valence-corrected chi connectivity index (χ3v) is 11.9. The standard InChI is InChI=1S/C43H47N3.C9H16O4/c1-27-23-29(3)42(30(4)24-27)45(7)35-17-13-33(14-18-35)41(39-21-22-40(44)38-12-10-9-11-37(38)39)34-15-19-36(20-16-34)46(8)43-31(5)25-28(2)26-32(43)6;1-4-7(6(3)8(10)11)9(12)13-5-2/h9-26,29,41-42H,44H2,1-8H3;6-7H,4-5H2,1-3H3,(H,10,11). The van der Waals surface area contributed by atoms with Crippen molar-refractivity contribution in [2.75, 3.05) is 36.2 Å². The topological polar surface area (TPSA) is 96.1 Å². The fraction of sp³-hybridized carbons (Fsp3) is 0.346. The molecule has 5 atom stereocenters. The number of carbonyl (C=O) groups excluding carboxylic acids is 1. The number of hydrogen-bond donors (Lipinski definition) is 2. The molecule has 0 amide bonds. The van der Waals surface area contributed by atoms with Crippen LogP contribution in [0.15, 0.2) is 120 Å². The summed E-state index contributed by atoms with van der Waals surface area (Å²) in [5.41, 5.74) is 21.4. The van der Waals surface area contributed by atoms with Gasteiger partial charge in [0.25, 0.3) is 0 Å². The van der Waals surface area contributed by atoms with E-state index in [1.54, 1.807) is 13.8 Å². The monoisotopic (exact) mass is 793 g/mol. The van der Waals surface area contributed by atoms with Crippen molar-refractivity contribution < 1.29 is 19.4 Å². The number of anilines is 4. The van der Waals surface area contributed by atoms with Gasteiger partial charge in [0.2, 0.25) is 0 Å². The van der Waals surface area contributed by atoms with E-state index in [2.05, 4.69) is 175 Å². The second kappa shape index (κ2) is 19.3. The lowest BCUT2D eigenvalue weighted by Crippen LogP contribution is -2.38. The van der Waals surface area contributed by atoms with Crippen LogP contribution in [0.1, 0.15) is 87.3 Å². The van der Waals surface area contributed by atoms with Crippen LogP contribution < -0.4 is 15.5 Å². The van der Waals surface area contributed by atoms with Gasteiger partial charge in [0.05, 0.1) is 24.5 Å². The number of aryl methyl sites for hydroxylation is 3. The summed E-state index contributed by atoms with van der Waals surface area (Å²) >= 11 is 0. The van der Waals surface area contributed by atoms with Gasteiger partial charge in [-0.2, -0.15) is 0 Å². The van der Waals surface area contributed by atoms with E-state index in [4.69, 9.17) is 15.6 Å². The Morgan fingerprint density at radius 2 is 1.36 bits per heavy atom. The minimum atomic E-state index is -0.958. The minimum Gasteiger partial charge on any atom is -0.481 e. The zero-order valence-electron chi connectivity index (χ0n) is 36.8. The highest BCUT2D eigenvalue weighted by molar-refractivity contribution is 5.96. The minimum absolute atomic E-state index is 0.0490. The number of nitrogens with zero attached hydrogens (tertiary/aromatic N) is 2. The number of esters is 1. The predicted octanol–water partition coefficient (Wildman–Crippen LogP) is 11.9. The van der Waals surface area contributed by atoms with Gasteiger partial charge in [-0.3, -0.25) is 9.59 Å². The van der Waals surface area contributed by atoms with Gasteiger partial charge in [-0.05, 0) is 117 Å². The number of allylic oxidation sites excluding steroid dienone is 2. The quantitative estimate of drug-likeness (QED) is 0.0737. The number of benzene rings is 5. The normalized spacial score (nSPS) is 16.5. The lowest BCUT2D eigenvalue weighted by molar-refractivity contribution is -0.156. The van der Waals surface area contributed by atoms with Crippen LogP contribution in [0, 0.1) is 38.5 Å². The molecule has 5 aromatic rings. The molecule has 310 valence electrons. The van der Waals surface area contributed by atoms with Crippen LogP contribution in [0.25, 0.3) is 10.8 Å². The zero-order chi connectivity index (χ0) is 43.1. The van der Waals surface area contributed by atoms with Crippen molar-refractivity contribution in [3.8, 4) is 0 Å². The number of carbonyl (C=O) groups is 2. The van der Waals surface area contributed by atoms with Crippen LogP contribution in [0.3, 0.4) is 0 Å². The summed E-state index contributed by atoms with van der Waals surface area (Å²) < 4.78 is 4.76. The van der Waals surface area contributed by atoms with E-state index in [9.17, 15) is 9.59 Å². The highest BCUT2D eigenvalue weighted by atomic mass is 16.5. The van der Waals surface area contributed by atoms with Crippen LogP contribution in [-0.2, 0) is 14.3 Å². The second-order valence-corrected chi connectivity index (χ2v) is 16.3. The Morgan fingerprint density at radius 3 is 1.88 bits per heavy atom. The summed E-state index contributed by atoms with van der Waals surface area (Å²) in [6.45, 7) is 18.6. The molecule has 0 saturated carbocycles. The molecule has 7 nitrogen and oxygen atoms in total. The van der Waals surface area contributed by atoms with E-state index in [0.717, 1.165) is 11.1 Å². The number of likely N-dealkylation sites (N-methyl/N-ethyl adjacent to an activating group) is 1. The molecule has 0 heterocycles. The van der Waals surface area contributed by atoms with Crippen LogP contribution in [0.4, 0.5) is 22.7 Å². The summed E-state index contributed by atoms with van der Waals surface area (Å²) in [7, 11) is 4.39. The number of aliphatic carboxylic acids is 1. The Morgan fingerprint density at radius 1 is 0.797 bits per heavy atom. The molecule has 0 aliphatic heterocycles. The molecule has 0 aromatic heterocycles. The van der Waals surface area contributed by atoms with Crippen molar-refractivity contribution in [3.63, 3.8) is 0 Å². The van der Waals surface area contributed by atoms with Crippen molar-refractivity contribution in [1.82, 2.24) is 0 Å². The molecule has 5 unspecified atom stereocenters. The highest BCUT2D eigenvalue weighted by Gasteiger charge is 2.30. The molecule has 5 aromatic carbocycles. The van der Waals surface area contributed by atoms with Crippen molar-refractivity contribution in [2.24, 2.45) is 17.8 Å². The van der Waals surface area contributed by atoms with Gasteiger partial charge in [0, 0.05) is 48.1 Å². The number of carboxylic acid groups (broad SMARTS) is 1. The number of rotatable bonds is 12. The number of fused-ring (bicyclic) bond motifs is 1. The Kier molecular flexibility index (Phi) is 14.5. The predicted molar refractivity (Wildman–Crippen MR) is 247 cm³/mol. The molecule has 1 aliphatic rings. The van der Waals surface area contributed by atoms with Crippen molar-refractivity contribution >= 4 is 45.5 Å². The maximum absolute atomic E-state index is 11.2. The number of nitrogens with two attached hydrogens (primary N) is 1. The van der Waals surface area contributed by atoms with E-state index in [0.29, 0.717) is 25.0 Å². The van der Waals surface area contributed by atoms with Crippen molar-refractivity contribution in [2.45, 2.75) is 80.7 Å². The van der Waals surface area contributed by atoms with E-state index < -0.39 is 23.8 Å². The Balaban J connectivity index is 0.000000439. The summed E-state index contributed by atoms with van der Waals surface area (Å²) in [6, 6.07) is 36.0. The van der Waals surface area contributed by atoms with E-state index >= 15 is 0 Å². The SMILES string of the molecule is CC1=CC(C)C(N(C)c2ccc(C(c3ccc(N(C)c4c(C)cc(C)cc4C)cc3)c3ccc(N)c4ccccc34)cc2)C(C)=C1.CCOC(=O)C(CC)C(C)C(=O)O. The maximum atomic E-state index is 11.2. The van der Waals surface area contributed by atoms with Crippen LogP contribution >= 0.6 is 0 Å². The van der Waals surface area contributed by atoms with Gasteiger partial charge in [0.15, 0.2) is 0 Å². The zero-order valence-corrected chi connectivity index (χ0v) is 36.8. The van der Waals surface area contributed by atoms with E-state index in [-0.39, 0.29) is 5.92 Å². The first kappa shape index (κ1) is 44.3. The second-order valence-electron chi connectivity index (χ2n) is 16.3. The first-order valence-corrected chi connectivity index (χ1v) is 20.8. The fourth-order valence-electron chi connectivity index (χ4n) is 9.15. The van der Waals surface area contributed by atoms with Gasteiger partial charge in [-0.1, -0.05) is 116 Å². The van der Waals surface area contributed by atoms with Gasteiger partial charge >= 0.3 is 11.9 Å². The maximum Gasteiger partial charge on any atom is 0.309 e. The molecule has 0 saturated heterocycles. The van der Waals surface area contributed by atoms with Gasteiger partial charge < -0.3 is 25.4 Å². The first-order valence-electron chi connectivity index (χ1n) is 20.8. The summed E-state index contributed by atoms with van der Waals surface area (Å²) in [5.74, 6) is -2.08. The summed E-state index contributed by atoms with van der Waals surface area (Å²) in [6.07, 6.45) is 5.19. The summed E-state index contributed by atoms with van der Waals surface area (Å²) in [4.78, 5) is 26.6. The lowest BCUT2D eigenvalue weighted by Gasteiger charge is -2.36. The number of ether oxygens (including phenoxy) is 1.